The van der Waals surface area contributed by atoms with Gasteiger partial charge in [0.05, 0.1) is 0 Å². The van der Waals surface area contributed by atoms with Crippen LogP contribution in [-0.2, 0) is 0 Å². The van der Waals surface area contributed by atoms with Crippen molar-refractivity contribution in [3.63, 3.8) is 0 Å². The Balaban J connectivity index is 2.88. The monoisotopic (exact) mass is 196 g/mol. The number of halogens is 1. The van der Waals surface area contributed by atoms with Gasteiger partial charge >= 0.3 is 0 Å². The van der Waals surface area contributed by atoms with Crippen molar-refractivity contribution in [2.24, 2.45) is 0 Å². The average molecular weight is 197 g/mol. The first-order valence-electron chi connectivity index (χ1n) is 3.46. The second kappa shape index (κ2) is 2.88. The third kappa shape index (κ3) is 1.13. The molecule has 1 nitrogen and oxygen atoms in total. The van der Waals surface area contributed by atoms with Gasteiger partial charge in [-0.15, -0.1) is 0 Å². The third-order valence-corrected chi connectivity index (χ3v) is 3.07. The van der Waals surface area contributed by atoms with Crippen LogP contribution in [-0.4, -0.2) is 0 Å². The molecule has 0 saturated carbocycles. The van der Waals surface area contributed by atoms with Crippen LogP contribution in [0.2, 0.25) is 5.02 Å². The van der Waals surface area contributed by atoms with Gasteiger partial charge in [-0.25, -0.2) is 0 Å². The number of rotatable bonds is 0. The Labute approximate surface area is 78.6 Å². The molecule has 0 aromatic heterocycles. The van der Waals surface area contributed by atoms with Gasteiger partial charge < -0.3 is 0 Å². The van der Waals surface area contributed by atoms with Crippen molar-refractivity contribution in [2.75, 3.05) is 0 Å². The van der Waals surface area contributed by atoms with E-state index in [0.29, 0.717) is 5.02 Å². The molecule has 1 aliphatic carbocycles. The van der Waals surface area contributed by atoms with Gasteiger partial charge in [0.15, 0.2) is 0 Å². The van der Waals surface area contributed by atoms with E-state index in [4.69, 9.17) is 11.6 Å². The predicted octanol–water partition coefficient (Wildman–Crippen LogP) is 2.87. The Morgan fingerprint density at radius 2 is 1.92 bits per heavy atom. The zero-order valence-corrected chi connectivity index (χ0v) is 7.65. The van der Waals surface area contributed by atoms with Crippen LogP contribution < -0.4 is 4.74 Å². The molecule has 2 aliphatic rings. The summed E-state index contributed by atoms with van der Waals surface area (Å²) in [6.45, 7) is 0. The molecule has 12 heavy (non-hydrogen) atoms. The Morgan fingerprint density at radius 1 is 1.17 bits per heavy atom. The lowest BCUT2D eigenvalue weighted by Gasteiger charge is -1.87. The minimum Gasteiger partial charge on any atom is -0.276 e. The van der Waals surface area contributed by atoms with Crippen molar-refractivity contribution >= 4 is 22.9 Å². The Morgan fingerprint density at radius 3 is 2.75 bits per heavy atom. The largest absolute Gasteiger partial charge is 0.276 e. The van der Waals surface area contributed by atoms with Crippen LogP contribution in [0.25, 0.3) is 10.4 Å². The normalized spacial score (nSPS) is 10.4. The lowest BCUT2D eigenvalue weighted by molar-refractivity contribution is 1.80. The second-order valence-electron chi connectivity index (χ2n) is 2.39. The molecule has 0 amide bonds. The molecule has 1 heterocycles. The van der Waals surface area contributed by atoms with Crippen LogP contribution in [0.3, 0.4) is 0 Å². The molecule has 2 rings (SSSR count). The molecule has 60 valence electrons. The first-order valence-corrected chi connectivity index (χ1v) is 4.66. The van der Waals surface area contributed by atoms with Crippen LogP contribution in [0.15, 0.2) is 35.1 Å². The molecular formula is C9H5ClOS. The average Bonchev–Trinajstić information content (AvgIpc) is 2.30. The van der Waals surface area contributed by atoms with Gasteiger partial charge in [-0.3, -0.25) is 4.79 Å². The maximum absolute atomic E-state index is 11.1. The fourth-order valence-electron chi connectivity index (χ4n) is 1.06. The molecule has 0 bridgehead atoms. The number of hydrogen-bond acceptors (Lipinski definition) is 2. The highest BCUT2D eigenvalue weighted by atomic mass is 35.5. The molecule has 0 N–H and O–H groups in total. The van der Waals surface area contributed by atoms with Crippen LogP contribution in [0.5, 0.6) is 0 Å². The Kier molecular flexibility index (Phi) is 1.87. The van der Waals surface area contributed by atoms with E-state index < -0.39 is 0 Å². The molecule has 0 unspecified atom stereocenters. The lowest BCUT2D eigenvalue weighted by atomic mass is 10.2. The summed E-state index contributed by atoms with van der Waals surface area (Å²) in [6.07, 6.45) is 0. The zero-order valence-electron chi connectivity index (χ0n) is 6.08. The fourth-order valence-corrected chi connectivity index (χ4v) is 2.22. The smallest absolute Gasteiger partial charge is 0.252 e. The minimum absolute atomic E-state index is 0.0575. The van der Waals surface area contributed by atoms with E-state index in [1.165, 1.54) is 11.3 Å². The molecule has 0 fully saturated rings. The molecule has 0 radical (unpaired) electrons. The van der Waals surface area contributed by atoms with E-state index in [9.17, 15) is 4.79 Å². The summed E-state index contributed by atoms with van der Waals surface area (Å²) in [6, 6.07) is 9.44. The summed E-state index contributed by atoms with van der Waals surface area (Å²) in [4.78, 5) is 12.1. The Bertz CT molecular complexity index is 435. The highest BCUT2D eigenvalue weighted by Crippen LogP contribution is 2.30. The summed E-state index contributed by atoms with van der Waals surface area (Å²) in [7, 11) is 0. The second-order valence-corrected chi connectivity index (χ2v) is 3.78. The van der Waals surface area contributed by atoms with E-state index in [0.717, 1.165) is 10.4 Å². The van der Waals surface area contributed by atoms with E-state index in [-0.39, 0.29) is 4.74 Å². The molecule has 0 saturated heterocycles. The predicted molar refractivity (Wildman–Crippen MR) is 52.2 cm³/mol. The van der Waals surface area contributed by atoms with Crippen molar-refractivity contribution in [1.29, 1.82) is 0 Å². The molecular weight excluding hydrogens is 192 g/mol. The topological polar surface area (TPSA) is 17.1 Å². The van der Waals surface area contributed by atoms with Crippen molar-refractivity contribution in [3.8, 4) is 10.4 Å². The minimum atomic E-state index is -0.0575. The molecule has 0 atom stereocenters. The van der Waals surface area contributed by atoms with Gasteiger partial charge in [-0.2, -0.15) is 0 Å². The van der Waals surface area contributed by atoms with E-state index in [1.54, 1.807) is 0 Å². The highest BCUT2D eigenvalue weighted by molar-refractivity contribution is 7.14. The summed E-state index contributed by atoms with van der Waals surface area (Å²) < 4.78 is -0.0575. The van der Waals surface area contributed by atoms with Crippen LogP contribution in [0, 0.1) is 0 Å². The summed E-state index contributed by atoms with van der Waals surface area (Å²) >= 11 is 6.98. The molecule has 0 spiro atoms. The summed E-state index contributed by atoms with van der Waals surface area (Å²) in [5, 5.41) is 0.339. The van der Waals surface area contributed by atoms with Gasteiger partial charge in [0.25, 0.3) is 4.74 Å². The summed E-state index contributed by atoms with van der Waals surface area (Å²) in [5.41, 5.74) is 0.844. The quantitative estimate of drug-likeness (QED) is 0.633. The molecule has 0 aromatic rings. The molecule has 3 heteroatoms. The summed E-state index contributed by atoms with van der Waals surface area (Å²) in [5.74, 6) is 0. The van der Waals surface area contributed by atoms with Gasteiger partial charge in [-0.1, -0.05) is 47.2 Å². The lowest BCUT2D eigenvalue weighted by Crippen LogP contribution is -1.85. The maximum Gasteiger partial charge on any atom is 0.252 e. The first-order chi connectivity index (χ1) is 5.79. The van der Waals surface area contributed by atoms with Gasteiger partial charge in [0.1, 0.15) is 5.02 Å². The van der Waals surface area contributed by atoms with Crippen molar-refractivity contribution in [3.05, 3.63) is 44.9 Å². The van der Waals surface area contributed by atoms with Gasteiger partial charge in [0, 0.05) is 10.4 Å². The standard InChI is InChI=1S/C9H5ClOS/c10-8-6-4-2-1-3-5-7(6)12-9(8)11/h1-5H. The van der Waals surface area contributed by atoms with Gasteiger partial charge in [0.2, 0.25) is 0 Å². The van der Waals surface area contributed by atoms with Crippen LogP contribution >= 0.6 is 22.9 Å². The maximum atomic E-state index is 11.1. The van der Waals surface area contributed by atoms with Crippen molar-refractivity contribution < 1.29 is 0 Å². The number of hydrogen-bond donors (Lipinski definition) is 0. The zero-order chi connectivity index (χ0) is 8.55. The van der Waals surface area contributed by atoms with E-state index in [2.05, 4.69) is 0 Å². The number of thiophene rings is 1. The fraction of sp³-hybridized carbons (Fsp3) is 0. The van der Waals surface area contributed by atoms with Crippen LogP contribution in [0.1, 0.15) is 0 Å². The van der Waals surface area contributed by atoms with E-state index >= 15 is 0 Å². The van der Waals surface area contributed by atoms with Crippen LogP contribution in [0.4, 0.5) is 0 Å². The van der Waals surface area contributed by atoms with E-state index in [1.807, 2.05) is 30.3 Å². The van der Waals surface area contributed by atoms with Crippen molar-refractivity contribution in [2.45, 2.75) is 0 Å². The third-order valence-electron chi connectivity index (χ3n) is 1.62. The van der Waals surface area contributed by atoms with Gasteiger partial charge in [-0.05, 0) is 6.07 Å². The highest BCUT2D eigenvalue weighted by Gasteiger charge is 2.10. The Hall–Kier alpha value is -0.860. The number of fused-ring (bicyclic) bond motifs is 1. The molecule has 0 aromatic carbocycles. The van der Waals surface area contributed by atoms with Crippen molar-refractivity contribution in [1.82, 2.24) is 0 Å². The first kappa shape index (κ1) is 7.77. The SMILES string of the molecule is O=c1sc2cccccc-2c1Cl. The molecule has 1 aliphatic heterocycles.